The van der Waals surface area contributed by atoms with E-state index in [1.54, 1.807) is 0 Å². The summed E-state index contributed by atoms with van der Waals surface area (Å²) >= 11 is 1.39. The number of hydrogen-bond acceptors (Lipinski definition) is 4. The van der Waals surface area contributed by atoms with Gasteiger partial charge in [0, 0.05) is 18.0 Å². The number of nitrogens with zero attached hydrogens (tertiary/aromatic N) is 2. The molecule has 0 aliphatic carbocycles. The Labute approximate surface area is 112 Å². The van der Waals surface area contributed by atoms with E-state index in [0.29, 0.717) is 6.04 Å². The van der Waals surface area contributed by atoms with Gasteiger partial charge in [-0.3, -0.25) is 0 Å². The zero-order chi connectivity index (χ0) is 13.0. The Balaban J connectivity index is 2.12. The van der Waals surface area contributed by atoms with E-state index >= 15 is 0 Å². The lowest BCUT2D eigenvalue weighted by molar-refractivity contribution is 0.270. The molecule has 1 aromatic heterocycles. The van der Waals surface area contributed by atoms with Crippen LogP contribution in [0.1, 0.15) is 38.1 Å². The van der Waals surface area contributed by atoms with Crippen molar-refractivity contribution in [3.05, 3.63) is 47.0 Å². The van der Waals surface area contributed by atoms with Crippen LogP contribution in [0.4, 0.5) is 0 Å². The molecule has 18 heavy (non-hydrogen) atoms. The van der Waals surface area contributed by atoms with E-state index in [2.05, 4.69) is 59.9 Å². The minimum atomic E-state index is 0.158. The van der Waals surface area contributed by atoms with Crippen molar-refractivity contribution in [2.24, 2.45) is 5.41 Å². The summed E-state index contributed by atoms with van der Waals surface area (Å²) in [6.45, 7) is 7.50. The van der Waals surface area contributed by atoms with Gasteiger partial charge in [-0.1, -0.05) is 55.6 Å². The normalized spacial score (nSPS) is 13.5. The van der Waals surface area contributed by atoms with Crippen LogP contribution in [0.25, 0.3) is 0 Å². The van der Waals surface area contributed by atoms with Crippen LogP contribution in [0, 0.1) is 5.41 Å². The standard InChI is InChI=1S/C14H19N3S/c1-14(2,3)13(11-7-5-4-6-8-11)15-9-12-10-18-17-16-12/h4-8,10,13,15H,9H2,1-3H3. The summed E-state index contributed by atoms with van der Waals surface area (Å²) in [7, 11) is 0. The fourth-order valence-corrected chi connectivity index (χ4v) is 2.49. The third-order valence-electron chi connectivity index (χ3n) is 2.89. The first-order valence-electron chi connectivity index (χ1n) is 6.11. The van der Waals surface area contributed by atoms with E-state index in [0.717, 1.165) is 12.2 Å². The molecule has 4 heteroatoms. The highest BCUT2D eigenvalue weighted by Crippen LogP contribution is 2.32. The van der Waals surface area contributed by atoms with Crippen LogP contribution >= 0.6 is 11.5 Å². The van der Waals surface area contributed by atoms with Crippen molar-refractivity contribution in [2.75, 3.05) is 0 Å². The molecule has 0 spiro atoms. The molecule has 0 bridgehead atoms. The monoisotopic (exact) mass is 261 g/mol. The molecule has 3 nitrogen and oxygen atoms in total. The molecule has 2 rings (SSSR count). The smallest absolute Gasteiger partial charge is 0.0893 e. The van der Waals surface area contributed by atoms with Crippen LogP contribution in [0.3, 0.4) is 0 Å². The van der Waals surface area contributed by atoms with E-state index in [1.165, 1.54) is 17.1 Å². The molecule has 0 saturated heterocycles. The molecule has 1 heterocycles. The molecule has 96 valence electrons. The Bertz CT molecular complexity index is 460. The number of benzene rings is 1. The second kappa shape index (κ2) is 5.59. The van der Waals surface area contributed by atoms with Crippen LogP contribution in [0.15, 0.2) is 35.7 Å². The summed E-state index contributed by atoms with van der Waals surface area (Å²) in [5.41, 5.74) is 2.48. The number of hydrogen-bond donors (Lipinski definition) is 1. The molecule has 0 aliphatic rings. The Morgan fingerprint density at radius 1 is 1.22 bits per heavy atom. The summed E-state index contributed by atoms with van der Waals surface area (Å²) in [6.07, 6.45) is 0. The van der Waals surface area contributed by atoms with Crippen molar-refractivity contribution in [3.63, 3.8) is 0 Å². The Kier molecular flexibility index (Phi) is 4.09. The molecule has 1 atom stereocenters. The van der Waals surface area contributed by atoms with Gasteiger partial charge < -0.3 is 5.32 Å². The van der Waals surface area contributed by atoms with Crippen molar-refractivity contribution in [3.8, 4) is 0 Å². The van der Waals surface area contributed by atoms with Crippen LogP contribution in [-0.4, -0.2) is 9.59 Å². The zero-order valence-corrected chi connectivity index (χ0v) is 11.9. The second-order valence-corrected chi connectivity index (χ2v) is 6.10. The highest BCUT2D eigenvalue weighted by atomic mass is 32.1. The Hall–Kier alpha value is -1.26. The van der Waals surface area contributed by atoms with Gasteiger partial charge in [-0.05, 0) is 22.5 Å². The zero-order valence-electron chi connectivity index (χ0n) is 11.1. The summed E-state index contributed by atoms with van der Waals surface area (Å²) in [4.78, 5) is 0. The molecular weight excluding hydrogens is 242 g/mol. The topological polar surface area (TPSA) is 37.8 Å². The lowest BCUT2D eigenvalue weighted by Crippen LogP contribution is -2.32. The molecule has 1 unspecified atom stereocenters. The summed E-state index contributed by atoms with van der Waals surface area (Å²) in [5.74, 6) is 0. The summed E-state index contributed by atoms with van der Waals surface area (Å²) in [6, 6.07) is 10.9. The third-order valence-corrected chi connectivity index (χ3v) is 3.44. The first kappa shape index (κ1) is 13.2. The maximum Gasteiger partial charge on any atom is 0.0893 e. The molecule has 0 saturated carbocycles. The van der Waals surface area contributed by atoms with Crippen LogP contribution in [-0.2, 0) is 6.54 Å². The average molecular weight is 261 g/mol. The quantitative estimate of drug-likeness (QED) is 0.916. The summed E-state index contributed by atoms with van der Waals surface area (Å²) in [5, 5.41) is 9.64. The van der Waals surface area contributed by atoms with E-state index in [-0.39, 0.29) is 5.41 Å². The van der Waals surface area contributed by atoms with Gasteiger partial charge in [0.2, 0.25) is 0 Å². The lowest BCUT2D eigenvalue weighted by atomic mass is 9.82. The van der Waals surface area contributed by atoms with E-state index in [9.17, 15) is 0 Å². The number of nitrogens with one attached hydrogen (secondary N) is 1. The van der Waals surface area contributed by atoms with Crippen molar-refractivity contribution in [1.82, 2.24) is 14.9 Å². The Morgan fingerprint density at radius 3 is 2.50 bits per heavy atom. The molecule has 0 radical (unpaired) electrons. The first-order chi connectivity index (χ1) is 8.57. The largest absolute Gasteiger partial charge is 0.304 e. The van der Waals surface area contributed by atoms with Gasteiger partial charge in [0.05, 0.1) is 5.69 Å². The fourth-order valence-electron chi connectivity index (χ4n) is 2.04. The van der Waals surface area contributed by atoms with Gasteiger partial charge >= 0.3 is 0 Å². The van der Waals surface area contributed by atoms with Gasteiger partial charge in [0.1, 0.15) is 0 Å². The minimum Gasteiger partial charge on any atom is -0.304 e. The average Bonchev–Trinajstić information content (AvgIpc) is 2.82. The van der Waals surface area contributed by atoms with E-state index in [4.69, 9.17) is 0 Å². The van der Waals surface area contributed by atoms with Crippen molar-refractivity contribution < 1.29 is 0 Å². The molecule has 1 N–H and O–H groups in total. The van der Waals surface area contributed by atoms with Gasteiger partial charge in [-0.25, -0.2) is 0 Å². The lowest BCUT2D eigenvalue weighted by Gasteiger charge is -2.32. The fraction of sp³-hybridized carbons (Fsp3) is 0.429. The van der Waals surface area contributed by atoms with Crippen LogP contribution in [0.5, 0.6) is 0 Å². The van der Waals surface area contributed by atoms with E-state index < -0.39 is 0 Å². The molecule has 0 amide bonds. The maximum atomic E-state index is 4.07. The maximum absolute atomic E-state index is 4.07. The van der Waals surface area contributed by atoms with E-state index in [1.807, 2.05) is 11.4 Å². The first-order valence-corrected chi connectivity index (χ1v) is 6.95. The SMILES string of the molecule is CC(C)(C)C(NCc1csnn1)c1ccccc1. The third kappa shape index (κ3) is 3.37. The number of rotatable bonds is 4. The second-order valence-electron chi connectivity index (χ2n) is 5.49. The van der Waals surface area contributed by atoms with Gasteiger partial charge in [0.15, 0.2) is 0 Å². The van der Waals surface area contributed by atoms with Crippen LogP contribution < -0.4 is 5.32 Å². The van der Waals surface area contributed by atoms with Crippen LogP contribution in [0.2, 0.25) is 0 Å². The number of aromatic nitrogens is 2. The molecule has 0 fully saturated rings. The molecule has 1 aromatic carbocycles. The molecule has 2 aromatic rings. The summed E-state index contributed by atoms with van der Waals surface area (Å²) < 4.78 is 3.89. The highest BCUT2D eigenvalue weighted by Gasteiger charge is 2.25. The van der Waals surface area contributed by atoms with Crippen molar-refractivity contribution in [1.29, 1.82) is 0 Å². The highest BCUT2D eigenvalue weighted by molar-refractivity contribution is 7.03. The molecular formula is C14H19N3S. The Morgan fingerprint density at radius 2 is 1.94 bits per heavy atom. The van der Waals surface area contributed by atoms with Crippen molar-refractivity contribution in [2.45, 2.75) is 33.4 Å². The minimum absolute atomic E-state index is 0.158. The predicted octanol–water partition coefficient (Wildman–Crippen LogP) is 3.42. The molecule has 0 aliphatic heterocycles. The van der Waals surface area contributed by atoms with Gasteiger partial charge in [-0.15, -0.1) is 5.10 Å². The van der Waals surface area contributed by atoms with Gasteiger partial charge in [-0.2, -0.15) is 0 Å². The van der Waals surface area contributed by atoms with Crippen molar-refractivity contribution >= 4 is 11.5 Å². The predicted molar refractivity (Wildman–Crippen MR) is 75.4 cm³/mol. The van der Waals surface area contributed by atoms with Gasteiger partial charge in [0.25, 0.3) is 0 Å².